The summed E-state index contributed by atoms with van der Waals surface area (Å²) in [4.78, 5) is 0. The molecule has 0 heterocycles. The van der Waals surface area contributed by atoms with E-state index >= 15 is 0 Å². The van der Waals surface area contributed by atoms with Gasteiger partial charge in [0.05, 0.1) is 0 Å². The van der Waals surface area contributed by atoms with Crippen molar-refractivity contribution in [3.63, 3.8) is 0 Å². The van der Waals surface area contributed by atoms with Crippen molar-refractivity contribution >= 4 is 0 Å². The van der Waals surface area contributed by atoms with Crippen molar-refractivity contribution in [2.75, 3.05) is 0 Å². The Balaban J connectivity index is 0.000000324. The van der Waals surface area contributed by atoms with Crippen molar-refractivity contribution < 1.29 is 21.1 Å². The second-order valence-electron chi connectivity index (χ2n) is 5.33. The fourth-order valence-corrected chi connectivity index (χ4v) is 2.40. The molecular formula is C18H24Mo. The van der Waals surface area contributed by atoms with Crippen LogP contribution < -0.4 is 0 Å². The van der Waals surface area contributed by atoms with Gasteiger partial charge in [-0.3, -0.25) is 0 Å². The second-order valence-corrected chi connectivity index (χ2v) is 5.33. The molecule has 0 fully saturated rings. The summed E-state index contributed by atoms with van der Waals surface area (Å²) in [5, 5.41) is 0. The third-order valence-corrected chi connectivity index (χ3v) is 2.73. The Morgan fingerprint density at radius 1 is 0.368 bits per heavy atom. The van der Waals surface area contributed by atoms with Gasteiger partial charge in [-0.1, -0.05) is 69.8 Å². The van der Waals surface area contributed by atoms with Gasteiger partial charge in [-0.15, -0.1) is 0 Å². The van der Waals surface area contributed by atoms with E-state index in [4.69, 9.17) is 0 Å². The van der Waals surface area contributed by atoms with E-state index in [0.29, 0.717) is 0 Å². The molecule has 102 valence electrons. The fraction of sp³-hybridized carbons (Fsp3) is 0.333. The molecule has 2 aromatic carbocycles. The largest absolute Gasteiger partial charge is 0.0564 e. The van der Waals surface area contributed by atoms with Crippen LogP contribution >= 0.6 is 0 Å². The van der Waals surface area contributed by atoms with Crippen molar-refractivity contribution in [2.45, 2.75) is 41.5 Å². The molecule has 0 spiro atoms. The molecule has 0 N–H and O–H groups in total. The van der Waals surface area contributed by atoms with Crippen molar-refractivity contribution in [3.8, 4) is 0 Å². The summed E-state index contributed by atoms with van der Waals surface area (Å²) in [6.45, 7) is 12.8. The van der Waals surface area contributed by atoms with Crippen LogP contribution in [0, 0.1) is 41.5 Å². The number of hydrogen-bond donors (Lipinski definition) is 0. The van der Waals surface area contributed by atoms with Crippen LogP contribution in [0.1, 0.15) is 33.4 Å². The standard InChI is InChI=1S/2C9H12.Mo/c2*1-7-4-8(2)6-9(3)5-7;/h2*4-6H,1-3H3;. The third-order valence-electron chi connectivity index (χ3n) is 2.73. The molecule has 0 aliphatic carbocycles. The van der Waals surface area contributed by atoms with Crippen LogP contribution in [0.3, 0.4) is 0 Å². The van der Waals surface area contributed by atoms with Crippen LogP contribution in [0.4, 0.5) is 0 Å². The average Bonchev–Trinajstić information content (AvgIpc) is 2.12. The number of aryl methyl sites for hydroxylation is 6. The van der Waals surface area contributed by atoms with Crippen LogP contribution in [0.2, 0.25) is 0 Å². The minimum Gasteiger partial charge on any atom is -0.0564 e. The van der Waals surface area contributed by atoms with Crippen molar-refractivity contribution in [1.82, 2.24) is 0 Å². The SMILES string of the molecule is Cc1cc(C)cc(C)c1.Cc1cc(C)cc(C)c1.[Mo]. The van der Waals surface area contributed by atoms with Crippen molar-refractivity contribution in [2.24, 2.45) is 0 Å². The molecule has 19 heavy (non-hydrogen) atoms. The third kappa shape index (κ3) is 7.33. The molecule has 0 nitrogen and oxygen atoms in total. The first-order valence-electron chi connectivity index (χ1n) is 6.46. The molecule has 0 bridgehead atoms. The minimum absolute atomic E-state index is 0. The van der Waals surface area contributed by atoms with E-state index in [1.807, 2.05) is 0 Å². The summed E-state index contributed by atoms with van der Waals surface area (Å²) >= 11 is 0. The number of hydrogen-bond acceptors (Lipinski definition) is 0. The molecule has 0 aliphatic heterocycles. The predicted octanol–water partition coefficient (Wildman–Crippen LogP) is 5.22. The fourth-order valence-electron chi connectivity index (χ4n) is 2.40. The van der Waals surface area contributed by atoms with E-state index in [0.717, 1.165) is 0 Å². The summed E-state index contributed by atoms with van der Waals surface area (Å²) in [7, 11) is 0. The number of benzene rings is 2. The molecule has 1 heteroatoms. The maximum absolute atomic E-state index is 2.19. The van der Waals surface area contributed by atoms with E-state index < -0.39 is 0 Å². The summed E-state index contributed by atoms with van der Waals surface area (Å²) < 4.78 is 0. The molecule has 0 radical (unpaired) electrons. The maximum Gasteiger partial charge on any atom is 0 e. The van der Waals surface area contributed by atoms with E-state index in [2.05, 4.69) is 77.9 Å². The first kappa shape index (κ1) is 18.1. The summed E-state index contributed by atoms with van der Waals surface area (Å²) in [6, 6.07) is 13.1. The van der Waals surface area contributed by atoms with Gasteiger partial charge in [0.15, 0.2) is 0 Å². The second kappa shape index (κ2) is 8.33. The molecule has 0 atom stereocenters. The van der Waals surface area contributed by atoms with E-state index in [1.54, 1.807) is 0 Å². The van der Waals surface area contributed by atoms with Gasteiger partial charge in [0.25, 0.3) is 0 Å². The zero-order valence-corrected chi connectivity index (χ0v) is 14.9. The molecule has 2 rings (SSSR count). The predicted molar refractivity (Wildman–Crippen MR) is 81.3 cm³/mol. The van der Waals surface area contributed by atoms with Gasteiger partial charge in [-0.2, -0.15) is 0 Å². The van der Waals surface area contributed by atoms with E-state index in [9.17, 15) is 0 Å². The topological polar surface area (TPSA) is 0 Å². The normalized spacial score (nSPS) is 9.16. The van der Waals surface area contributed by atoms with Gasteiger partial charge in [-0.25, -0.2) is 0 Å². The minimum atomic E-state index is 0. The smallest absolute Gasteiger partial charge is 0 e. The number of rotatable bonds is 0. The Hall–Kier alpha value is -0.872. The Bertz CT molecular complexity index is 377. The van der Waals surface area contributed by atoms with Gasteiger partial charge in [0, 0.05) is 21.1 Å². The molecule has 0 aromatic heterocycles. The molecule has 2 aromatic rings. The summed E-state index contributed by atoms with van der Waals surface area (Å²) in [6.07, 6.45) is 0. The Morgan fingerprint density at radius 2 is 0.474 bits per heavy atom. The molecule has 0 aliphatic rings. The Morgan fingerprint density at radius 3 is 0.579 bits per heavy atom. The molecule has 0 saturated carbocycles. The summed E-state index contributed by atoms with van der Waals surface area (Å²) in [5.41, 5.74) is 8.13. The average molecular weight is 336 g/mol. The monoisotopic (exact) mass is 338 g/mol. The van der Waals surface area contributed by atoms with E-state index in [-0.39, 0.29) is 21.1 Å². The van der Waals surface area contributed by atoms with Crippen LogP contribution in [-0.4, -0.2) is 0 Å². The van der Waals surface area contributed by atoms with Crippen LogP contribution in [-0.2, 0) is 21.1 Å². The zero-order valence-electron chi connectivity index (χ0n) is 12.9. The van der Waals surface area contributed by atoms with Gasteiger partial charge < -0.3 is 0 Å². The van der Waals surface area contributed by atoms with Gasteiger partial charge >= 0.3 is 0 Å². The van der Waals surface area contributed by atoms with Gasteiger partial charge in [-0.05, 0) is 41.5 Å². The van der Waals surface area contributed by atoms with Crippen LogP contribution in [0.5, 0.6) is 0 Å². The van der Waals surface area contributed by atoms with Gasteiger partial charge in [0.2, 0.25) is 0 Å². The first-order chi connectivity index (χ1) is 8.36. The first-order valence-corrected chi connectivity index (χ1v) is 6.46. The molecule has 0 unspecified atom stereocenters. The van der Waals surface area contributed by atoms with Crippen molar-refractivity contribution in [3.05, 3.63) is 69.8 Å². The quantitative estimate of drug-likeness (QED) is 0.579. The molecule has 0 amide bonds. The molecular weight excluding hydrogens is 312 g/mol. The molecule has 0 saturated heterocycles. The Labute approximate surface area is 132 Å². The zero-order chi connectivity index (χ0) is 13.7. The maximum atomic E-state index is 2.19. The summed E-state index contributed by atoms with van der Waals surface area (Å²) in [5.74, 6) is 0. The van der Waals surface area contributed by atoms with Gasteiger partial charge in [0.1, 0.15) is 0 Å². The van der Waals surface area contributed by atoms with E-state index in [1.165, 1.54) is 33.4 Å². The Kier molecular flexibility index (Phi) is 7.95. The van der Waals surface area contributed by atoms with Crippen LogP contribution in [0.15, 0.2) is 36.4 Å². The van der Waals surface area contributed by atoms with Crippen LogP contribution in [0.25, 0.3) is 0 Å². The van der Waals surface area contributed by atoms with Crippen molar-refractivity contribution in [1.29, 1.82) is 0 Å².